The first-order valence-electron chi connectivity index (χ1n) is 6.05. The maximum Gasteiger partial charge on any atom is 0.261 e. The third-order valence-corrected chi connectivity index (χ3v) is 3.23. The molecular formula is C12H12ClN5O. The van der Waals surface area contributed by atoms with E-state index >= 15 is 0 Å². The van der Waals surface area contributed by atoms with Crippen LogP contribution in [0.1, 0.15) is 31.0 Å². The molecule has 0 aromatic carbocycles. The molecule has 0 radical (unpaired) electrons. The molecule has 0 saturated heterocycles. The van der Waals surface area contributed by atoms with Crippen molar-refractivity contribution < 1.29 is 4.52 Å². The molecule has 6 nitrogen and oxygen atoms in total. The number of halogens is 1. The van der Waals surface area contributed by atoms with Gasteiger partial charge in [-0.05, 0) is 6.42 Å². The highest BCUT2D eigenvalue weighted by Crippen LogP contribution is 2.27. The minimum atomic E-state index is -0.220. The van der Waals surface area contributed by atoms with Crippen LogP contribution < -0.4 is 0 Å². The van der Waals surface area contributed by atoms with Gasteiger partial charge in [0.25, 0.3) is 5.89 Å². The normalized spacial score (nSPS) is 12.9. The quantitative estimate of drug-likeness (QED) is 0.686. The zero-order valence-electron chi connectivity index (χ0n) is 10.3. The van der Waals surface area contributed by atoms with Crippen molar-refractivity contribution in [3.8, 4) is 11.5 Å². The Kier molecular flexibility index (Phi) is 3.16. The molecular weight excluding hydrogens is 266 g/mol. The van der Waals surface area contributed by atoms with Gasteiger partial charge in [-0.2, -0.15) is 10.1 Å². The molecule has 0 aliphatic carbocycles. The van der Waals surface area contributed by atoms with Crippen molar-refractivity contribution in [2.24, 2.45) is 0 Å². The standard InChI is InChI=1S/C12H12ClN5O/c1-2-3-9(13)11-16-12(19-17-11)8-6-15-18-5-4-14-7-10(8)18/h4-7,9H,2-3H2,1H3. The maximum atomic E-state index is 6.18. The summed E-state index contributed by atoms with van der Waals surface area (Å²) in [5.41, 5.74) is 1.58. The summed E-state index contributed by atoms with van der Waals surface area (Å²) in [5.74, 6) is 0.932. The predicted molar refractivity (Wildman–Crippen MR) is 69.8 cm³/mol. The SMILES string of the molecule is CCCC(Cl)c1noc(-c2cnn3ccncc23)n1. The topological polar surface area (TPSA) is 69.1 Å². The van der Waals surface area contributed by atoms with Crippen molar-refractivity contribution in [2.45, 2.75) is 25.1 Å². The average Bonchev–Trinajstić information content (AvgIpc) is 3.05. The van der Waals surface area contributed by atoms with Crippen LogP contribution in [0.15, 0.2) is 29.3 Å². The van der Waals surface area contributed by atoms with E-state index in [9.17, 15) is 0 Å². The summed E-state index contributed by atoms with van der Waals surface area (Å²) in [6.45, 7) is 2.06. The Morgan fingerprint density at radius 3 is 3.16 bits per heavy atom. The smallest absolute Gasteiger partial charge is 0.261 e. The molecule has 0 amide bonds. The van der Waals surface area contributed by atoms with E-state index < -0.39 is 0 Å². The van der Waals surface area contributed by atoms with Gasteiger partial charge in [-0.15, -0.1) is 11.6 Å². The maximum absolute atomic E-state index is 6.18. The number of hydrogen-bond donors (Lipinski definition) is 0. The molecule has 0 saturated carbocycles. The van der Waals surface area contributed by atoms with E-state index in [-0.39, 0.29) is 5.38 Å². The Hall–Kier alpha value is -1.95. The van der Waals surface area contributed by atoms with Crippen LogP contribution in [-0.2, 0) is 0 Å². The molecule has 0 spiro atoms. The van der Waals surface area contributed by atoms with Crippen LogP contribution in [0.25, 0.3) is 17.0 Å². The van der Waals surface area contributed by atoms with Crippen LogP contribution in [0.5, 0.6) is 0 Å². The summed E-state index contributed by atoms with van der Waals surface area (Å²) >= 11 is 6.18. The zero-order valence-corrected chi connectivity index (χ0v) is 11.1. The van der Waals surface area contributed by atoms with Gasteiger partial charge in [-0.3, -0.25) is 4.98 Å². The Labute approximate surface area is 114 Å². The molecule has 0 bridgehead atoms. The fraction of sp³-hybridized carbons (Fsp3) is 0.333. The lowest BCUT2D eigenvalue weighted by molar-refractivity contribution is 0.421. The van der Waals surface area contributed by atoms with Gasteiger partial charge >= 0.3 is 0 Å². The molecule has 0 fully saturated rings. The van der Waals surface area contributed by atoms with Crippen LogP contribution in [-0.4, -0.2) is 24.7 Å². The summed E-state index contributed by atoms with van der Waals surface area (Å²) in [5, 5.41) is 7.90. The Bertz CT molecular complexity index is 692. The highest BCUT2D eigenvalue weighted by atomic mass is 35.5. The molecule has 0 aliphatic rings. The van der Waals surface area contributed by atoms with E-state index in [1.54, 1.807) is 29.3 Å². The summed E-state index contributed by atoms with van der Waals surface area (Å²) in [7, 11) is 0. The van der Waals surface area contributed by atoms with Crippen molar-refractivity contribution in [2.75, 3.05) is 0 Å². The first kappa shape index (κ1) is 12.1. The molecule has 3 aromatic heterocycles. The van der Waals surface area contributed by atoms with Gasteiger partial charge in [0.15, 0.2) is 5.82 Å². The third kappa shape index (κ3) is 2.19. The highest BCUT2D eigenvalue weighted by molar-refractivity contribution is 6.20. The van der Waals surface area contributed by atoms with E-state index in [1.165, 1.54) is 0 Å². The lowest BCUT2D eigenvalue weighted by atomic mass is 10.2. The minimum Gasteiger partial charge on any atom is -0.334 e. The van der Waals surface area contributed by atoms with Crippen molar-refractivity contribution in [1.82, 2.24) is 24.7 Å². The molecule has 1 atom stereocenters. The Morgan fingerprint density at radius 2 is 2.32 bits per heavy atom. The second kappa shape index (κ2) is 4.97. The number of hydrogen-bond acceptors (Lipinski definition) is 5. The van der Waals surface area contributed by atoms with Crippen molar-refractivity contribution in [1.29, 1.82) is 0 Å². The lowest BCUT2D eigenvalue weighted by Crippen LogP contribution is -1.92. The zero-order chi connectivity index (χ0) is 13.2. The number of rotatable bonds is 4. The van der Waals surface area contributed by atoms with E-state index in [1.807, 2.05) is 0 Å². The molecule has 3 heterocycles. The van der Waals surface area contributed by atoms with Crippen LogP contribution >= 0.6 is 11.6 Å². The number of aromatic nitrogens is 5. The summed E-state index contributed by atoms with van der Waals surface area (Å²) < 4.78 is 6.96. The number of fused-ring (bicyclic) bond motifs is 1. The highest BCUT2D eigenvalue weighted by Gasteiger charge is 2.18. The molecule has 19 heavy (non-hydrogen) atoms. The predicted octanol–water partition coefficient (Wildman–Crippen LogP) is 2.86. The van der Waals surface area contributed by atoms with Gasteiger partial charge in [-0.1, -0.05) is 18.5 Å². The van der Waals surface area contributed by atoms with Crippen molar-refractivity contribution in [3.63, 3.8) is 0 Å². The van der Waals surface area contributed by atoms with Gasteiger partial charge in [-0.25, -0.2) is 4.52 Å². The fourth-order valence-electron chi connectivity index (χ4n) is 1.85. The van der Waals surface area contributed by atoms with Gasteiger partial charge in [0.1, 0.15) is 0 Å². The van der Waals surface area contributed by atoms with Crippen LogP contribution in [0.3, 0.4) is 0 Å². The first-order chi connectivity index (χ1) is 9.29. The Balaban J connectivity index is 1.98. The monoisotopic (exact) mass is 277 g/mol. The van der Waals surface area contributed by atoms with Crippen molar-refractivity contribution >= 4 is 17.1 Å². The van der Waals surface area contributed by atoms with Gasteiger partial charge < -0.3 is 4.52 Å². The number of nitrogens with zero attached hydrogens (tertiary/aromatic N) is 5. The van der Waals surface area contributed by atoms with Crippen molar-refractivity contribution in [3.05, 3.63) is 30.6 Å². The van der Waals surface area contributed by atoms with Gasteiger partial charge in [0, 0.05) is 12.4 Å². The molecule has 98 valence electrons. The largest absolute Gasteiger partial charge is 0.334 e. The van der Waals surface area contributed by atoms with E-state index in [2.05, 4.69) is 27.1 Å². The molecule has 0 aliphatic heterocycles. The molecule has 7 heteroatoms. The van der Waals surface area contributed by atoms with Crippen LogP contribution in [0.4, 0.5) is 0 Å². The second-order valence-electron chi connectivity index (χ2n) is 4.18. The van der Waals surface area contributed by atoms with E-state index in [0.29, 0.717) is 11.7 Å². The molecule has 3 rings (SSSR count). The van der Waals surface area contributed by atoms with E-state index in [0.717, 1.165) is 23.9 Å². The molecule has 1 unspecified atom stereocenters. The minimum absolute atomic E-state index is 0.220. The fourth-order valence-corrected chi connectivity index (χ4v) is 2.16. The Morgan fingerprint density at radius 1 is 1.42 bits per heavy atom. The van der Waals surface area contributed by atoms with Gasteiger partial charge in [0.05, 0.1) is 28.9 Å². The molecule has 0 N–H and O–H groups in total. The number of alkyl halides is 1. The average molecular weight is 278 g/mol. The third-order valence-electron chi connectivity index (χ3n) is 2.82. The first-order valence-corrected chi connectivity index (χ1v) is 6.48. The van der Waals surface area contributed by atoms with Crippen LogP contribution in [0, 0.1) is 0 Å². The van der Waals surface area contributed by atoms with Gasteiger partial charge in [0.2, 0.25) is 0 Å². The van der Waals surface area contributed by atoms with E-state index in [4.69, 9.17) is 16.1 Å². The summed E-state index contributed by atoms with van der Waals surface area (Å²) in [6, 6.07) is 0. The lowest BCUT2D eigenvalue weighted by Gasteiger charge is -1.99. The summed E-state index contributed by atoms with van der Waals surface area (Å²) in [4.78, 5) is 8.40. The second-order valence-corrected chi connectivity index (χ2v) is 4.71. The van der Waals surface area contributed by atoms with Crippen LogP contribution in [0.2, 0.25) is 0 Å². The summed E-state index contributed by atoms with van der Waals surface area (Å²) in [6.07, 6.45) is 8.60. The molecule has 3 aromatic rings.